The number of hydrogen-bond acceptors (Lipinski definition) is 6. The van der Waals surface area contributed by atoms with Gasteiger partial charge >= 0.3 is 0 Å². The van der Waals surface area contributed by atoms with Crippen LogP contribution in [0.5, 0.6) is 0 Å². The van der Waals surface area contributed by atoms with Crippen LogP contribution in [0.4, 0.5) is 11.6 Å². The van der Waals surface area contributed by atoms with E-state index in [0.717, 1.165) is 33.3 Å². The summed E-state index contributed by atoms with van der Waals surface area (Å²) in [6.45, 7) is 1.33. The predicted octanol–water partition coefficient (Wildman–Crippen LogP) is 3.63. The van der Waals surface area contributed by atoms with Gasteiger partial charge in [-0.1, -0.05) is 30.3 Å². The van der Waals surface area contributed by atoms with Crippen LogP contribution in [-0.2, 0) is 23.0 Å². The second kappa shape index (κ2) is 7.63. The van der Waals surface area contributed by atoms with E-state index in [-0.39, 0.29) is 0 Å². The van der Waals surface area contributed by atoms with Gasteiger partial charge < -0.3 is 4.90 Å². The molecule has 156 valence electrons. The third kappa shape index (κ3) is 3.94. The number of fused-ring (bicyclic) bond motifs is 2. The number of anilines is 2. The molecule has 7 nitrogen and oxygen atoms in total. The number of nitrogens with zero attached hydrogens (tertiary/aromatic N) is 4. The Morgan fingerprint density at radius 2 is 1.87 bits per heavy atom. The van der Waals surface area contributed by atoms with Gasteiger partial charge in [0.1, 0.15) is 0 Å². The van der Waals surface area contributed by atoms with Crippen LogP contribution in [0.3, 0.4) is 0 Å². The van der Waals surface area contributed by atoms with Gasteiger partial charge in [-0.05, 0) is 41.8 Å². The van der Waals surface area contributed by atoms with Crippen molar-refractivity contribution in [2.24, 2.45) is 0 Å². The molecule has 3 heterocycles. The van der Waals surface area contributed by atoms with Gasteiger partial charge in [-0.3, -0.25) is 9.71 Å². The molecular weight excluding hydrogens is 410 g/mol. The van der Waals surface area contributed by atoms with E-state index in [0.29, 0.717) is 31.1 Å². The molecule has 1 aliphatic rings. The lowest BCUT2D eigenvalue weighted by Gasteiger charge is -2.30. The molecule has 0 aliphatic carbocycles. The molecule has 0 bridgehead atoms. The van der Waals surface area contributed by atoms with Crippen molar-refractivity contribution in [2.45, 2.75) is 13.0 Å². The Bertz CT molecular complexity index is 1370. The molecular formula is C23H21N5O2S. The summed E-state index contributed by atoms with van der Waals surface area (Å²) in [7, 11) is -3.32. The van der Waals surface area contributed by atoms with E-state index in [1.165, 1.54) is 6.26 Å². The van der Waals surface area contributed by atoms with E-state index in [4.69, 9.17) is 4.98 Å². The maximum atomic E-state index is 11.7. The van der Waals surface area contributed by atoms with Crippen molar-refractivity contribution in [1.29, 1.82) is 0 Å². The standard InChI is InChI=1S/C23H21N5O2S/c1-31(29,30)27-22-10-4-6-16-15-28(13-11-17(16)22)23-25-14-19-18(7-5-9-21(19)26-23)20-8-2-3-12-24-20/h2-10,12,14,27H,11,13,15H2,1H3. The van der Waals surface area contributed by atoms with Crippen molar-refractivity contribution >= 4 is 32.6 Å². The monoisotopic (exact) mass is 431 g/mol. The summed E-state index contributed by atoms with van der Waals surface area (Å²) in [5.41, 5.74) is 5.52. The predicted molar refractivity (Wildman–Crippen MR) is 122 cm³/mol. The van der Waals surface area contributed by atoms with Crippen LogP contribution in [0.2, 0.25) is 0 Å². The highest BCUT2D eigenvalue weighted by atomic mass is 32.2. The van der Waals surface area contributed by atoms with E-state index in [2.05, 4.69) is 19.6 Å². The zero-order valence-electron chi connectivity index (χ0n) is 17.0. The van der Waals surface area contributed by atoms with Gasteiger partial charge in [-0.2, -0.15) is 0 Å². The van der Waals surface area contributed by atoms with Crippen LogP contribution in [-0.4, -0.2) is 36.2 Å². The second-order valence-corrected chi connectivity index (χ2v) is 9.36. The second-order valence-electron chi connectivity index (χ2n) is 7.61. The van der Waals surface area contributed by atoms with Crippen molar-refractivity contribution in [3.8, 4) is 11.3 Å². The molecule has 0 saturated carbocycles. The third-order valence-electron chi connectivity index (χ3n) is 5.40. The average Bonchev–Trinajstić information content (AvgIpc) is 2.78. The van der Waals surface area contributed by atoms with Crippen molar-refractivity contribution in [3.63, 3.8) is 0 Å². The molecule has 1 N–H and O–H groups in total. The smallest absolute Gasteiger partial charge is 0.229 e. The lowest BCUT2D eigenvalue weighted by atomic mass is 9.98. The number of hydrogen-bond donors (Lipinski definition) is 1. The van der Waals surface area contributed by atoms with Gasteiger partial charge in [0.2, 0.25) is 16.0 Å². The highest BCUT2D eigenvalue weighted by Crippen LogP contribution is 2.30. The summed E-state index contributed by atoms with van der Waals surface area (Å²) in [6, 6.07) is 17.5. The molecule has 2 aromatic carbocycles. The molecule has 0 spiro atoms. The summed E-state index contributed by atoms with van der Waals surface area (Å²) in [6.07, 6.45) is 5.52. The molecule has 0 saturated heterocycles. The summed E-state index contributed by atoms with van der Waals surface area (Å²) < 4.78 is 26.0. The van der Waals surface area contributed by atoms with Crippen LogP contribution < -0.4 is 9.62 Å². The van der Waals surface area contributed by atoms with Crippen LogP contribution in [0.25, 0.3) is 22.2 Å². The number of benzene rings is 2. The van der Waals surface area contributed by atoms with Crippen molar-refractivity contribution in [3.05, 3.63) is 78.1 Å². The first-order chi connectivity index (χ1) is 15.0. The van der Waals surface area contributed by atoms with E-state index >= 15 is 0 Å². The van der Waals surface area contributed by atoms with Gasteiger partial charge in [-0.15, -0.1) is 0 Å². The Morgan fingerprint density at radius 3 is 2.68 bits per heavy atom. The lowest BCUT2D eigenvalue weighted by Crippen LogP contribution is -2.32. The first kappa shape index (κ1) is 19.4. The van der Waals surface area contributed by atoms with E-state index in [1.807, 2.05) is 54.7 Å². The lowest BCUT2D eigenvalue weighted by molar-refractivity contribution is 0.606. The third-order valence-corrected chi connectivity index (χ3v) is 5.99. The fourth-order valence-electron chi connectivity index (χ4n) is 4.02. The molecule has 4 aromatic rings. The maximum Gasteiger partial charge on any atom is 0.229 e. The number of nitrogens with one attached hydrogen (secondary N) is 1. The summed E-state index contributed by atoms with van der Waals surface area (Å²) >= 11 is 0. The molecule has 8 heteroatoms. The summed E-state index contributed by atoms with van der Waals surface area (Å²) in [5.74, 6) is 0.665. The number of pyridine rings is 1. The zero-order chi connectivity index (χ0) is 21.4. The van der Waals surface area contributed by atoms with Crippen LogP contribution in [0.1, 0.15) is 11.1 Å². The first-order valence-corrected chi connectivity index (χ1v) is 11.9. The number of rotatable bonds is 4. The molecule has 0 atom stereocenters. The first-order valence-electron chi connectivity index (χ1n) is 9.99. The fraction of sp³-hybridized carbons (Fsp3) is 0.174. The van der Waals surface area contributed by atoms with Gasteiger partial charge in [0, 0.05) is 36.4 Å². The van der Waals surface area contributed by atoms with Crippen molar-refractivity contribution in [2.75, 3.05) is 22.4 Å². The Kier molecular flexibility index (Phi) is 4.78. The number of sulfonamides is 1. The summed E-state index contributed by atoms with van der Waals surface area (Å²) in [5, 5.41) is 0.960. The molecule has 5 rings (SSSR count). The molecule has 2 aromatic heterocycles. The van der Waals surface area contributed by atoms with E-state index < -0.39 is 10.0 Å². The normalized spacial score (nSPS) is 13.8. The minimum Gasteiger partial charge on any atom is -0.336 e. The fourth-order valence-corrected chi connectivity index (χ4v) is 4.61. The molecule has 0 radical (unpaired) electrons. The minimum atomic E-state index is -3.32. The van der Waals surface area contributed by atoms with Crippen LogP contribution in [0.15, 0.2) is 67.0 Å². The Hall–Kier alpha value is -3.52. The quantitative estimate of drug-likeness (QED) is 0.531. The summed E-state index contributed by atoms with van der Waals surface area (Å²) in [4.78, 5) is 16.0. The van der Waals surface area contributed by atoms with Crippen molar-refractivity contribution < 1.29 is 8.42 Å². The zero-order valence-corrected chi connectivity index (χ0v) is 17.8. The highest BCUT2D eigenvalue weighted by Gasteiger charge is 2.22. The van der Waals surface area contributed by atoms with Crippen molar-refractivity contribution in [1.82, 2.24) is 15.0 Å². The van der Waals surface area contributed by atoms with Gasteiger partial charge in [0.15, 0.2) is 0 Å². The van der Waals surface area contributed by atoms with Crippen LogP contribution in [0, 0.1) is 0 Å². The Balaban J connectivity index is 1.47. The highest BCUT2D eigenvalue weighted by molar-refractivity contribution is 7.92. The van der Waals surface area contributed by atoms with Gasteiger partial charge in [0.25, 0.3) is 0 Å². The SMILES string of the molecule is CS(=O)(=O)Nc1cccc2c1CCN(c1ncc3c(-c4ccccn4)cccc3n1)C2. The number of aromatic nitrogens is 3. The largest absolute Gasteiger partial charge is 0.336 e. The maximum absolute atomic E-state index is 11.7. The Labute approximate surface area is 180 Å². The topological polar surface area (TPSA) is 88.1 Å². The van der Waals surface area contributed by atoms with E-state index in [1.54, 1.807) is 12.3 Å². The van der Waals surface area contributed by atoms with Gasteiger partial charge in [-0.25, -0.2) is 18.4 Å². The van der Waals surface area contributed by atoms with E-state index in [9.17, 15) is 8.42 Å². The molecule has 1 aliphatic heterocycles. The van der Waals surface area contributed by atoms with Gasteiger partial charge in [0.05, 0.1) is 23.2 Å². The molecule has 0 fully saturated rings. The molecule has 0 amide bonds. The average molecular weight is 432 g/mol. The molecule has 0 unspecified atom stereocenters. The minimum absolute atomic E-state index is 0.625. The van der Waals surface area contributed by atoms with Crippen LogP contribution >= 0.6 is 0 Å². The molecule has 31 heavy (non-hydrogen) atoms. The Morgan fingerprint density at radius 1 is 1.00 bits per heavy atom.